The zero-order valence-corrected chi connectivity index (χ0v) is 19.7. The van der Waals surface area contributed by atoms with Crippen molar-refractivity contribution in [3.8, 4) is 11.5 Å². The fraction of sp³-hybridized carbons (Fsp3) is 0.370. The third-order valence-electron chi connectivity index (χ3n) is 6.89. The molecule has 0 bridgehead atoms. The van der Waals surface area contributed by atoms with Crippen LogP contribution in [0.25, 0.3) is 0 Å². The van der Waals surface area contributed by atoms with Gasteiger partial charge in [-0.25, -0.2) is 0 Å². The zero-order valence-electron chi connectivity index (χ0n) is 19.7. The van der Waals surface area contributed by atoms with E-state index in [1.807, 2.05) is 51.1 Å². The van der Waals surface area contributed by atoms with Gasteiger partial charge < -0.3 is 19.2 Å². The number of benzene rings is 2. The van der Waals surface area contributed by atoms with Gasteiger partial charge in [-0.3, -0.25) is 4.79 Å². The molecule has 8 heteroatoms. The highest BCUT2D eigenvalue weighted by Gasteiger charge is 2.62. The molecule has 1 unspecified atom stereocenters. The Bertz CT molecular complexity index is 1280. The van der Waals surface area contributed by atoms with Crippen LogP contribution in [0.2, 0.25) is 0 Å². The summed E-state index contributed by atoms with van der Waals surface area (Å²) < 4.78 is 57.0. The molecule has 2 atom stereocenters. The summed E-state index contributed by atoms with van der Waals surface area (Å²) in [5, 5.41) is 2.99. The summed E-state index contributed by atoms with van der Waals surface area (Å²) in [6.45, 7) is 6.25. The summed E-state index contributed by atoms with van der Waals surface area (Å²) in [7, 11) is 0. The van der Waals surface area contributed by atoms with E-state index in [1.165, 1.54) is 6.07 Å². The summed E-state index contributed by atoms with van der Waals surface area (Å²) in [4.78, 5) is 13.9. The van der Waals surface area contributed by atoms with Crippen molar-refractivity contribution in [1.29, 1.82) is 0 Å². The first-order chi connectivity index (χ1) is 16.6. The molecule has 184 valence electrons. The Labute approximate surface area is 201 Å². The van der Waals surface area contributed by atoms with Gasteiger partial charge in [-0.15, -0.1) is 0 Å². The van der Waals surface area contributed by atoms with Gasteiger partial charge in [0, 0.05) is 29.7 Å². The number of ether oxygens (including phenoxy) is 2. The molecule has 1 aromatic heterocycles. The maximum Gasteiger partial charge on any atom is 0.449 e. The number of hydrogen-bond acceptors (Lipinski definition) is 4. The summed E-state index contributed by atoms with van der Waals surface area (Å²) in [5.74, 6) is -0.594. The lowest BCUT2D eigenvalue weighted by atomic mass is 9.58. The molecule has 2 aliphatic rings. The second-order valence-electron chi connectivity index (χ2n) is 9.54. The average molecular weight is 486 g/mol. The van der Waals surface area contributed by atoms with Crippen LogP contribution in [-0.4, -0.2) is 18.1 Å². The molecule has 1 N–H and O–H groups in total. The molecular weight excluding hydrogens is 459 g/mol. The van der Waals surface area contributed by atoms with Crippen LogP contribution in [0.1, 0.15) is 49.8 Å². The highest BCUT2D eigenvalue weighted by molar-refractivity contribution is 6.09. The largest absolute Gasteiger partial charge is 0.493 e. The monoisotopic (exact) mass is 485 g/mol. The molecule has 0 aliphatic carbocycles. The Morgan fingerprint density at radius 3 is 2.54 bits per heavy atom. The van der Waals surface area contributed by atoms with Crippen LogP contribution in [-0.2, 0) is 22.8 Å². The molecule has 1 spiro atoms. The minimum atomic E-state index is -4.59. The number of alkyl halides is 3. The standard InChI is InChI=1S/C27H26F3NO4/c1-4-13-33-16-9-11-19-21(14-16)35-25(2,3)22(15-17-10-12-23(34-17)27(28,29)30)26(19)18-7-5-6-8-20(18)31-24(26)32/h5-12,14,22H,4,13,15H2,1-3H3,(H,31,32)/t22?,26-/m1/s1. The second kappa shape index (κ2) is 8.07. The number of rotatable bonds is 5. The van der Waals surface area contributed by atoms with E-state index in [-0.39, 0.29) is 18.1 Å². The Hall–Kier alpha value is -3.42. The molecule has 2 aliphatic heterocycles. The topological polar surface area (TPSA) is 60.7 Å². The van der Waals surface area contributed by atoms with Gasteiger partial charge in [0.1, 0.15) is 28.3 Å². The first-order valence-electron chi connectivity index (χ1n) is 11.6. The van der Waals surface area contributed by atoms with Crippen molar-refractivity contribution in [2.24, 2.45) is 5.92 Å². The molecule has 3 aromatic rings. The van der Waals surface area contributed by atoms with Gasteiger partial charge in [-0.05, 0) is 50.1 Å². The van der Waals surface area contributed by atoms with Crippen molar-refractivity contribution >= 4 is 11.6 Å². The first-order valence-corrected chi connectivity index (χ1v) is 11.6. The maximum absolute atomic E-state index is 13.9. The number of fused-ring (bicyclic) bond motifs is 4. The minimum absolute atomic E-state index is 0.0678. The van der Waals surface area contributed by atoms with E-state index < -0.39 is 28.9 Å². The van der Waals surface area contributed by atoms with Crippen LogP contribution in [0.3, 0.4) is 0 Å². The molecule has 5 rings (SSSR count). The fourth-order valence-electron chi connectivity index (χ4n) is 5.42. The number of nitrogens with one attached hydrogen (secondary N) is 1. The quantitative estimate of drug-likeness (QED) is 0.457. The summed E-state index contributed by atoms with van der Waals surface area (Å²) in [5.41, 5.74) is -0.0422. The smallest absolute Gasteiger partial charge is 0.449 e. The van der Waals surface area contributed by atoms with Crippen molar-refractivity contribution in [3.63, 3.8) is 0 Å². The third kappa shape index (κ3) is 3.66. The average Bonchev–Trinajstić information content (AvgIpc) is 3.38. The molecule has 3 heterocycles. The first kappa shape index (κ1) is 23.3. The van der Waals surface area contributed by atoms with Crippen molar-refractivity contribution in [1.82, 2.24) is 0 Å². The Balaban J connectivity index is 1.69. The van der Waals surface area contributed by atoms with Gasteiger partial charge in [0.25, 0.3) is 0 Å². The number of amides is 1. The van der Waals surface area contributed by atoms with Crippen molar-refractivity contribution in [3.05, 3.63) is 77.2 Å². The van der Waals surface area contributed by atoms with E-state index in [2.05, 4.69) is 5.32 Å². The number of furan rings is 1. The Kier molecular flexibility index (Phi) is 5.38. The van der Waals surface area contributed by atoms with E-state index in [0.29, 0.717) is 29.4 Å². The lowest BCUT2D eigenvalue weighted by molar-refractivity contribution is -0.153. The molecule has 0 fully saturated rings. The van der Waals surface area contributed by atoms with Gasteiger partial charge in [0.15, 0.2) is 0 Å². The lowest BCUT2D eigenvalue weighted by Crippen LogP contribution is -2.58. The number of carbonyl (C=O) groups excluding carboxylic acids is 1. The van der Waals surface area contributed by atoms with E-state index in [0.717, 1.165) is 18.1 Å². The molecule has 0 radical (unpaired) electrons. The number of para-hydroxylation sites is 1. The van der Waals surface area contributed by atoms with Crippen molar-refractivity contribution in [2.75, 3.05) is 11.9 Å². The summed E-state index contributed by atoms with van der Waals surface area (Å²) in [6, 6.07) is 15.1. The normalized spacial score (nSPS) is 22.3. The lowest BCUT2D eigenvalue weighted by Gasteiger charge is -2.50. The zero-order chi connectivity index (χ0) is 25.0. The summed E-state index contributed by atoms with van der Waals surface area (Å²) in [6.07, 6.45) is -3.68. The third-order valence-corrected chi connectivity index (χ3v) is 6.89. The van der Waals surface area contributed by atoms with Crippen LogP contribution in [0, 0.1) is 5.92 Å². The van der Waals surface area contributed by atoms with Crippen LogP contribution in [0.5, 0.6) is 11.5 Å². The van der Waals surface area contributed by atoms with Gasteiger partial charge in [-0.1, -0.05) is 31.2 Å². The number of halogens is 3. The molecule has 1 amide bonds. The van der Waals surface area contributed by atoms with E-state index in [1.54, 1.807) is 12.1 Å². The molecule has 0 saturated carbocycles. The molecule has 0 saturated heterocycles. The molecule has 2 aromatic carbocycles. The SMILES string of the molecule is CCCOc1ccc2c(c1)OC(C)(C)C(Cc1ccc(C(F)(F)F)o1)[C@]21C(=O)Nc2ccccc21. The van der Waals surface area contributed by atoms with Gasteiger partial charge in [0.2, 0.25) is 11.7 Å². The number of carbonyl (C=O) groups is 1. The van der Waals surface area contributed by atoms with E-state index >= 15 is 0 Å². The van der Waals surface area contributed by atoms with Gasteiger partial charge in [-0.2, -0.15) is 13.2 Å². The second-order valence-corrected chi connectivity index (χ2v) is 9.54. The highest BCUT2D eigenvalue weighted by atomic mass is 19.4. The summed E-state index contributed by atoms with van der Waals surface area (Å²) >= 11 is 0. The Morgan fingerprint density at radius 2 is 1.83 bits per heavy atom. The van der Waals surface area contributed by atoms with Crippen LogP contribution in [0.15, 0.2) is 59.0 Å². The molecular formula is C27H26F3NO4. The van der Waals surface area contributed by atoms with Crippen LogP contribution in [0.4, 0.5) is 18.9 Å². The van der Waals surface area contributed by atoms with E-state index in [4.69, 9.17) is 13.9 Å². The van der Waals surface area contributed by atoms with E-state index in [9.17, 15) is 18.0 Å². The molecule has 35 heavy (non-hydrogen) atoms. The Morgan fingerprint density at radius 1 is 1.06 bits per heavy atom. The molecule has 5 nitrogen and oxygen atoms in total. The van der Waals surface area contributed by atoms with Crippen molar-refractivity contribution in [2.45, 2.75) is 50.8 Å². The van der Waals surface area contributed by atoms with Gasteiger partial charge >= 0.3 is 6.18 Å². The van der Waals surface area contributed by atoms with Crippen LogP contribution >= 0.6 is 0 Å². The maximum atomic E-state index is 13.9. The van der Waals surface area contributed by atoms with Crippen molar-refractivity contribution < 1.29 is 31.9 Å². The fourth-order valence-corrected chi connectivity index (χ4v) is 5.42. The van der Waals surface area contributed by atoms with Gasteiger partial charge in [0.05, 0.1) is 6.61 Å². The number of anilines is 1. The predicted octanol–water partition coefficient (Wildman–Crippen LogP) is 6.36. The number of hydrogen-bond donors (Lipinski definition) is 1. The highest BCUT2D eigenvalue weighted by Crippen LogP contribution is 2.58. The predicted molar refractivity (Wildman–Crippen MR) is 124 cm³/mol. The van der Waals surface area contributed by atoms with Crippen LogP contribution < -0.4 is 14.8 Å². The minimum Gasteiger partial charge on any atom is -0.493 e.